The molecular weight excluding hydrogens is 323 g/mol. The van der Waals surface area contributed by atoms with E-state index in [-0.39, 0.29) is 29.2 Å². The maximum Gasteiger partial charge on any atom is 0.573 e. The predicted molar refractivity (Wildman–Crippen MR) is 71.7 cm³/mol. The first-order chi connectivity index (χ1) is 10.2. The Labute approximate surface area is 124 Å². The van der Waals surface area contributed by atoms with Gasteiger partial charge in [-0.1, -0.05) is 24.3 Å². The number of nitrogens with one attached hydrogen (secondary N) is 1. The summed E-state index contributed by atoms with van der Waals surface area (Å²) < 4.78 is 63.2. The van der Waals surface area contributed by atoms with E-state index in [1.807, 2.05) is 0 Å². The summed E-state index contributed by atoms with van der Waals surface area (Å²) in [4.78, 5) is 11.8. The molecule has 9 heteroatoms. The molecule has 1 aliphatic heterocycles. The molecule has 1 heterocycles. The summed E-state index contributed by atoms with van der Waals surface area (Å²) in [6.07, 6.45) is -3.54. The molecule has 0 unspecified atom stereocenters. The van der Waals surface area contributed by atoms with Gasteiger partial charge in [-0.25, -0.2) is 8.42 Å². The summed E-state index contributed by atoms with van der Waals surface area (Å²) >= 11 is 0. The van der Waals surface area contributed by atoms with Crippen molar-refractivity contribution in [2.24, 2.45) is 0 Å². The molecule has 0 aliphatic carbocycles. The van der Waals surface area contributed by atoms with Crippen LogP contribution in [0.25, 0.3) is 0 Å². The third kappa shape index (κ3) is 4.48. The van der Waals surface area contributed by atoms with Gasteiger partial charge < -0.3 is 10.1 Å². The lowest BCUT2D eigenvalue weighted by atomic mass is 10.2. The number of rotatable bonds is 4. The molecule has 1 aromatic carbocycles. The lowest BCUT2D eigenvalue weighted by Crippen LogP contribution is -2.26. The molecule has 5 nitrogen and oxygen atoms in total. The first-order valence-corrected chi connectivity index (χ1v) is 8.00. The van der Waals surface area contributed by atoms with Crippen LogP contribution in [-0.4, -0.2) is 32.2 Å². The fourth-order valence-electron chi connectivity index (χ4n) is 1.90. The van der Waals surface area contributed by atoms with Crippen molar-refractivity contribution in [1.29, 1.82) is 0 Å². The summed E-state index contributed by atoms with van der Waals surface area (Å²) in [7, 11) is -3.28. The van der Waals surface area contributed by atoms with Crippen LogP contribution in [0.4, 0.5) is 13.2 Å². The van der Waals surface area contributed by atoms with Gasteiger partial charge in [-0.3, -0.25) is 4.79 Å². The minimum absolute atomic E-state index is 0.0919. The van der Waals surface area contributed by atoms with Crippen LogP contribution in [0.5, 0.6) is 5.75 Å². The smallest absolute Gasteiger partial charge is 0.405 e. The summed E-state index contributed by atoms with van der Waals surface area (Å²) in [6, 6.07) is 5.39. The highest BCUT2D eigenvalue weighted by molar-refractivity contribution is 7.92. The van der Waals surface area contributed by atoms with E-state index in [9.17, 15) is 26.4 Å². The minimum Gasteiger partial charge on any atom is -0.405 e. The zero-order valence-corrected chi connectivity index (χ0v) is 12.0. The van der Waals surface area contributed by atoms with Crippen molar-refractivity contribution in [3.05, 3.63) is 41.5 Å². The molecular formula is C13H12F3NO4S. The van der Waals surface area contributed by atoms with Gasteiger partial charge in [0.15, 0.2) is 9.84 Å². The molecule has 1 aliphatic rings. The van der Waals surface area contributed by atoms with Gasteiger partial charge in [0.25, 0.3) is 0 Å². The van der Waals surface area contributed by atoms with Crippen LogP contribution in [0, 0.1) is 0 Å². The van der Waals surface area contributed by atoms with Gasteiger partial charge in [-0.05, 0) is 6.07 Å². The van der Waals surface area contributed by atoms with Gasteiger partial charge >= 0.3 is 6.36 Å². The van der Waals surface area contributed by atoms with E-state index in [0.29, 0.717) is 0 Å². The zero-order valence-electron chi connectivity index (χ0n) is 11.2. The Hall–Kier alpha value is -2.03. The van der Waals surface area contributed by atoms with E-state index in [4.69, 9.17) is 0 Å². The zero-order chi connectivity index (χ0) is 16.4. The molecule has 0 spiro atoms. The average Bonchev–Trinajstić information content (AvgIpc) is 2.76. The number of para-hydroxylation sites is 1. The SMILES string of the molecule is O=C(NCc1ccccc1OC(F)(F)F)C1=CCS(=O)(=O)C1. The highest BCUT2D eigenvalue weighted by Crippen LogP contribution is 2.26. The number of carbonyl (C=O) groups is 1. The van der Waals surface area contributed by atoms with Crippen molar-refractivity contribution >= 4 is 15.7 Å². The van der Waals surface area contributed by atoms with Crippen molar-refractivity contribution < 1.29 is 31.1 Å². The van der Waals surface area contributed by atoms with Crippen LogP contribution in [0.1, 0.15) is 5.56 Å². The molecule has 0 saturated heterocycles. The molecule has 0 fully saturated rings. The Morgan fingerprint density at radius 1 is 1.27 bits per heavy atom. The standard InChI is InChI=1S/C13H12F3NO4S/c14-13(15,16)21-11-4-2-1-3-9(11)7-17-12(18)10-5-6-22(19,20)8-10/h1-5H,6-8H2,(H,17,18). The first-order valence-electron chi connectivity index (χ1n) is 6.17. The summed E-state index contributed by atoms with van der Waals surface area (Å²) in [5, 5.41) is 2.39. The van der Waals surface area contributed by atoms with Gasteiger partial charge in [-0.15, -0.1) is 13.2 Å². The number of benzene rings is 1. The monoisotopic (exact) mass is 335 g/mol. The molecule has 1 N–H and O–H groups in total. The maximum absolute atomic E-state index is 12.3. The molecule has 0 saturated carbocycles. The van der Waals surface area contributed by atoms with Crippen molar-refractivity contribution in [3.63, 3.8) is 0 Å². The van der Waals surface area contributed by atoms with E-state index in [1.54, 1.807) is 0 Å². The molecule has 0 atom stereocenters. The number of alkyl halides is 3. The van der Waals surface area contributed by atoms with Crippen molar-refractivity contribution in [1.82, 2.24) is 5.32 Å². The maximum atomic E-state index is 12.3. The third-order valence-electron chi connectivity index (χ3n) is 2.89. The number of amides is 1. The van der Waals surface area contributed by atoms with Crippen molar-refractivity contribution in [3.8, 4) is 5.75 Å². The summed E-state index contributed by atoms with van der Waals surface area (Å²) in [5.41, 5.74) is 0.226. The Bertz CT molecular complexity index is 710. The number of carbonyl (C=O) groups excluding carboxylic acids is 1. The second-order valence-corrected chi connectivity index (χ2v) is 6.73. The molecule has 1 aromatic rings. The number of ether oxygens (including phenoxy) is 1. The first kappa shape index (κ1) is 16.3. The molecule has 1 amide bonds. The highest BCUT2D eigenvalue weighted by atomic mass is 32.2. The van der Waals surface area contributed by atoms with Crippen LogP contribution in [0.3, 0.4) is 0 Å². The largest absolute Gasteiger partial charge is 0.573 e. The highest BCUT2D eigenvalue weighted by Gasteiger charge is 2.32. The van der Waals surface area contributed by atoms with Gasteiger partial charge in [-0.2, -0.15) is 0 Å². The van der Waals surface area contributed by atoms with Crippen LogP contribution in [0.2, 0.25) is 0 Å². The minimum atomic E-state index is -4.83. The number of hydrogen-bond acceptors (Lipinski definition) is 4. The Balaban J connectivity index is 2.02. The van der Waals surface area contributed by atoms with Crippen molar-refractivity contribution in [2.45, 2.75) is 12.9 Å². The Kier molecular flexibility index (Phi) is 4.45. The molecule has 0 bridgehead atoms. The van der Waals surface area contributed by atoms with Gasteiger partial charge in [0.2, 0.25) is 5.91 Å². The topological polar surface area (TPSA) is 72.5 Å². The van der Waals surface area contributed by atoms with Gasteiger partial charge in [0, 0.05) is 17.7 Å². The number of hydrogen-bond donors (Lipinski definition) is 1. The summed E-state index contributed by atoms with van der Waals surface area (Å²) in [6.45, 7) is -0.206. The lowest BCUT2D eigenvalue weighted by Gasteiger charge is -2.13. The van der Waals surface area contributed by atoms with E-state index in [2.05, 4.69) is 10.1 Å². The van der Waals surface area contributed by atoms with Crippen LogP contribution < -0.4 is 10.1 Å². The summed E-state index contributed by atoms with van der Waals surface area (Å²) in [5.74, 6) is -1.60. The van der Waals surface area contributed by atoms with Crippen LogP contribution in [0.15, 0.2) is 35.9 Å². The third-order valence-corrected chi connectivity index (χ3v) is 4.31. The van der Waals surface area contributed by atoms with Crippen LogP contribution >= 0.6 is 0 Å². The number of halogens is 3. The Morgan fingerprint density at radius 3 is 2.55 bits per heavy atom. The molecule has 0 aromatic heterocycles. The predicted octanol–water partition coefficient (Wildman–Crippen LogP) is 1.56. The van der Waals surface area contributed by atoms with Gasteiger partial charge in [0.1, 0.15) is 5.75 Å². The normalized spacial score (nSPS) is 17.0. The fraction of sp³-hybridized carbons (Fsp3) is 0.308. The molecule has 120 valence electrons. The molecule has 22 heavy (non-hydrogen) atoms. The van der Waals surface area contributed by atoms with E-state index < -0.39 is 27.9 Å². The molecule has 2 rings (SSSR count). The van der Waals surface area contributed by atoms with Crippen molar-refractivity contribution in [2.75, 3.05) is 11.5 Å². The average molecular weight is 335 g/mol. The fourth-order valence-corrected chi connectivity index (χ4v) is 3.20. The quantitative estimate of drug-likeness (QED) is 0.906. The van der Waals surface area contributed by atoms with Crippen LogP contribution in [-0.2, 0) is 21.2 Å². The lowest BCUT2D eigenvalue weighted by molar-refractivity contribution is -0.274. The van der Waals surface area contributed by atoms with E-state index in [0.717, 1.165) is 6.07 Å². The Morgan fingerprint density at radius 2 is 1.95 bits per heavy atom. The second-order valence-electron chi connectivity index (χ2n) is 4.62. The van der Waals surface area contributed by atoms with Gasteiger partial charge in [0.05, 0.1) is 11.5 Å². The molecule has 0 radical (unpaired) electrons. The van der Waals surface area contributed by atoms with E-state index >= 15 is 0 Å². The number of sulfone groups is 1. The second kappa shape index (κ2) is 5.99. The van der Waals surface area contributed by atoms with E-state index in [1.165, 1.54) is 24.3 Å².